The number of hydrogen-bond acceptors (Lipinski definition) is 7. The van der Waals surface area contributed by atoms with Crippen LogP contribution in [0.2, 0.25) is 0 Å². The number of hydrogen-bond donors (Lipinski definition) is 1. The van der Waals surface area contributed by atoms with Gasteiger partial charge in [-0.3, -0.25) is 4.90 Å². The summed E-state index contributed by atoms with van der Waals surface area (Å²) in [7, 11) is 0. The van der Waals surface area contributed by atoms with Crippen LogP contribution in [0.5, 0.6) is 5.75 Å². The molecular weight excluding hydrogens is 416 g/mol. The van der Waals surface area contributed by atoms with Crippen molar-refractivity contribution in [2.24, 2.45) is 0 Å². The van der Waals surface area contributed by atoms with Crippen LogP contribution < -0.4 is 9.64 Å². The van der Waals surface area contributed by atoms with E-state index in [1.807, 2.05) is 0 Å². The molecule has 6 rings (SSSR count). The summed E-state index contributed by atoms with van der Waals surface area (Å²) >= 11 is 0. The molecule has 0 bridgehead atoms. The fraction of sp³-hybridized carbons (Fsp3) is 0.400. The van der Waals surface area contributed by atoms with E-state index in [4.69, 9.17) is 9.47 Å². The van der Waals surface area contributed by atoms with Crippen molar-refractivity contribution in [3.8, 4) is 5.75 Å². The molecular formula is C25H28N6O2. The summed E-state index contributed by atoms with van der Waals surface area (Å²) in [6, 6.07) is 13.2. The first kappa shape index (κ1) is 20.4. The number of imidazole rings is 1. The van der Waals surface area contributed by atoms with Gasteiger partial charge in [-0.2, -0.15) is 0 Å². The molecule has 0 radical (unpaired) electrons. The first-order valence-electron chi connectivity index (χ1n) is 11.7. The van der Waals surface area contributed by atoms with Crippen molar-refractivity contribution >= 4 is 27.8 Å². The molecule has 8 nitrogen and oxygen atoms in total. The number of H-pyrrole nitrogens is 1. The van der Waals surface area contributed by atoms with Gasteiger partial charge in [0.2, 0.25) is 0 Å². The van der Waals surface area contributed by atoms with Gasteiger partial charge in [-0.05, 0) is 29.9 Å². The van der Waals surface area contributed by atoms with Gasteiger partial charge in [-0.15, -0.1) is 0 Å². The van der Waals surface area contributed by atoms with Crippen LogP contribution in [0.3, 0.4) is 0 Å². The van der Waals surface area contributed by atoms with Crippen LogP contribution in [0.25, 0.3) is 21.9 Å². The minimum absolute atomic E-state index is 0.262. The van der Waals surface area contributed by atoms with E-state index in [0.29, 0.717) is 12.3 Å². The maximum Gasteiger partial charge on any atom is 0.182 e. The molecule has 4 aromatic rings. The Balaban J connectivity index is 1.22. The minimum atomic E-state index is 0.262. The number of morpholine rings is 1. The Kier molecular flexibility index (Phi) is 5.53. The highest BCUT2D eigenvalue weighted by atomic mass is 16.5. The normalized spacial score (nSPS) is 19.5. The molecule has 0 amide bonds. The van der Waals surface area contributed by atoms with Gasteiger partial charge in [0.1, 0.15) is 24.2 Å². The Morgan fingerprint density at radius 2 is 1.88 bits per heavy atom. The zero-order valence-corrected chi connectivity index (χ0v) is 18.6. The van der Waals surface area contributed by atoms with Crippen molar-refractivity contribution in [1.82, 2.24) is 24.8 Å². The number of fused-ring (bicyclic) bond motifs is 2. The summed E-state index contributed by atoms with van der Waals surface area (Å²) in [5.74, 6) is 1.85. The van der Waals surface area contributed by atoms with Crippen molar-refractivity contribution in [2.45, 2.75) is 25.4 Å². The second-order valence-electron chi connectivity index (χ2n) is 8.76. The quantitative estimate of drug-likeness (QED) is 0.488. The number of aromatic amines is 1. The first-order chi connectivity index (χ1) is 16.4. The van der Waals surface area contributed by atoms with Crippen molar-refractivity contribution in [3.05, 3.63) is 54.6 Å². The van der Waals surface area contributed by atoms with Crippen LogP contribution in [0.4, 0.5) is 5.82 Å². The van der Waals surface area contributed by atoms with E-state index in [0.717, 1.165) is 69.3 Å². The molecule has 2 aliphatic rings. The van der Waals surface area contributed by atoms with Crippen molar-refractivity contribution in [1.29, 1.82) is 0 Å². The predicted molar refractivity (Wildman–Crippen MR) is 128 cm³/mol. The van der Waals surface area contributed by atoms with Crippen LogP contribution in [-0.4, -0.2) is 70.3 Å². The summed E-state index contributed by atoms with van der Waals surface area (Å²) in [5.41, 5.74) is 2.93. The number of anilines is 1. The summed E-state index contributed by atoms with van der Waals surface area (Å²) in [4.78, 5) is 21.1. The lowest BCUT2D eigenvalue weighted by Gasteiger charge is -2.28. The molecule has 1 unspecified atom stereocenters. The Morgan fingerprint density at radius 1 is 1.00 bits per heavy atom. The molecule has 1 N–H and O–H groups in total. The summed E-state index contributed by atoms with van der Waals surface area (Å²) in [6.45, 7) is 6.11. The van der Waals surface area contributed by atoms with E-state index in [-0.39, 0.29) is 6.04 Å². The third-order valence-corrected chi connectivity index (χ3v) is 6.76. The largest absolute Gasteiger partial charge is 0.491 e. The monoisotopic (exact) mass is 444 g/mol. The second kappa shape index (κ2) is 8.96. The summed E-state index contributed by atoms with van der Waals surface area (Å²) < 4.78 is 12.0. The average molecular weight is 445 g/mol. The van der Waals surface area contributed by atoms with E-state index in [9.17, 15) is 0 Å². The van der Waals surface area contributed by atoms with Crippen LogP contribution in [0, 0.1) is 0 Å². The highest BCUT2D eigenvalue weighted by Crippen LogP contribution is 2.32. The number of nitrogens with one attached hydrogen (secondary N) is 1. The third-order valence-electron chi connectivity index (χ3n) is 6.76. The fourth-order valence-electron chi connectivity index (χ4n) is 5.04. The maximum absolute atomic E-state index is 6.45. The molecule has 2 aromatic carbocycles. The zero-order chi connectivity index (χ0) is 22.0. The Hall–Kier alpha value is -3.23. The Labute approximate surface area is 192 Å². The smallest absolute Gasteiger partial charge is 0.182 e. The third kappa shape index (κ3) is 4.00. The molecule has 33 heavy (non-hydrogen) atoms. The van der Waals surface area contributed by atoms with Gasteiger partial charge in [-0.25, -0.2) is 15.0 Å². The van der Waals surface area contributed by atoms with Crippen LogP contribution >= 0.6 is 0 Å². The van der Waals surface area contributed by atoms with E-state index >= 15 is 0 Å². The fourth-order valence-corrected chi connectivity index (χ4v) is 5.04. The average Bonchev–Trinajstić information content (AvgIpc) is 3.54. The predicted octanol–water partition coefficient (Wildman–Crippen LogP) is 3.39. The van der Waals surface area contributed by atoms with E-state index in [2.05, 4.69) is 66.1 Å². The van der Waals surface area contributed by atoms with Gasteiger partial charge in [0.25, 0.3) is 0 Å². The molecule has 0 saturated carbocycles. The van der Waals surface area contributed by atoms with Gasteiger partial charge in [0.15, 0.2) is 11.5 Å². The van der Waals surface area contributed by atoms with Gasteiger partial charge < -0.3 is 19.4 Å². The maximum atomic E-state index is 6.45. The molecule has 2 saturated heterocycles. The minimum Gasteiger partial charge on any atom is -0.491 e. The number of aromatic nitrogens is 4. The first-order valence-corrected chi connectivity index (χ1v) is 11.7. The highest BCUT2D eigenvalue weighted by Gasteiger charge is 2.28. The Bertz CT molecular complexity index is 1250. The van der Waals surface area contributed by atoms with Crippen molar-refractivity contribution in [3.63, 3.8) is 0 Å². The van der Waals surface area contributed by atoms with E-state index in [1.54, 1.807) is 12.7 Å². The van der Waals surface area contributed by atoms with Crippen molar-refractivity contribution < 1.29 is 9.47 Å². The summed E-state index contributed by atoms with van der Waals surface area (Å²) in [6.07, 6.45) is 5.46. The van der Waals surface area contributed by atoms with Crippen LogP contribution in [0.15, 0.2) is 49.1 Å². The molecule has 0 aliphatic carbocycles. The molecule has 2 aromatic heterocycles. The Morgan fingerprint density at radius 3 is 2.79 bits per heavy atom. The van der Waals surface area contributed by atoms with Crippen LogP contribution in [0.1, 0.15) is 18.4 Å². The summed E-state index contributed by atoms with van der Waals surface area (Å²) in [5, 5.41) is 2.44. The molecule has 0 spiro atoms. The lowest BCUT2D eigenvalue weighted by Crippen LogP contribution is -2.35. The van der Waals surface area contributed by atoms with Gasteiger partial charge in [0, 0.05) is 31.6 Å². The molecule has 2 fully saturated rings. The number of ether oxygens (including phenoxy) is 2. The van der Waals surface area contributed by atoms with Gasteiger partial charge in [-0.1, -0.05) is 30.3 Å². The molecule has 2 aliphatic heterocycles. The zero-order valence-electron chi connectivity index (χ0n) is 18.6. The number of nitrogens with zero attached hydrogens (tertiary/aromatic N) is 5. The lowest BCUT2D eigenvalue weighted by molar-refractivity contribution is 0.0343. The van der Waals surface area contributed by atoms with E-state index < -0.39 is 0 Å². The van der Waals surface area contributed by atoms with E-state index in [1.165, 1.54) is 16.3 Å². The highest BCUT2D eigenvalue weighted by molar-refractivity contribution is 5.91. The second-order valence-corrected chi connectivity index (χ2v) is 8.76. The van der Waals surface area contributed by atoms with Gasteiger partial charge >= 0.3 is 0 Å². The molecule has 170 valence electrons. The van der Waals surface area contributed by atoms with Crippen molar-refractivity contribution in [2.75, 3.05) is 44.4 Å². The van der Waals surface area contributed by atoms with Gasteiger partial charge in [0.05, 0.1) is 25.6 Å². The molecule has 8 heteroatoms. The van der Waals surface area contributed by atoms with Crippen LogP contribution in [-0.2, 0) is 11.3 Å². The SMILES string of the molecule is c1ccc2c(OCC3CCCN3c3ncnc4nc[nH]c34)ccc(CN3CCOCC3)c2c1. The molecule has 4 heterocycles. The topological polar surface area (TPSA) is 79.4 Å². The number of benzene rings is 2. The number of rotatable bonds is 6. The lowest BCUT2D eigenvalue weighted by atomic mass is 10.0. The standard InChI is InChI=1S/C25H28N6O2/c1-2-6-21-20(5-1)18(14-30-10-12-32-13-11-30)7-8-22(21)33-15-19-4-3-9-31(19)25-23-24(27-16-26-23)28-17-29-25/h1-2,5-8,16-17,19H,3-4,9-15H2,(H,26,27,28,29). The molecule has 1 atom stereocenters.